The predicted octanol–water partition coefficient (Wildman–Crippen LogP) is 2.06. The quantitative estimate of drug-likeness (QED) is 0.715. The van der Waals surface area contributed by atoms with Crippen molar-refractivity contribution in [2.24, 2.45) is 0 Å². The molecule has 0 saturated heterocycles. The van der Waals surface area contributed by atoms with Crippen LogP contribution in [0.15, 0.2) is 12.1 Å². The van der Waals surface area contributed by atoms with Crippen LogP contribution < -0.4 is 5.32 Å². The van der Waals surface area contributed by atoms with Crippen molar-refractivity contribution in [2.75, 3.05) is 5.32 Å². The average Bonchev–Trinajstić information content (AvgIpc) is 2.84. The van der Waals surface area contributed by atoms with Gasteiger partial charge in [-0.25, -0.2) is 0 Å². The number of aromatic nitrogens is 4. The van der Waals surface area contributed by atoms with Crippen LogP contribution >= 0.6 is 0 Å². The number of hydrogen-bond donors (Lipinski definition) is 3. The topological polar surface area (TPSA) is 69.4 Å². The molecule has 5 nitrogen and oxygen atoms in total. The van der Waals surface area contributed by atoms with E-state index in [9.17, 15) is 0 Å². The monoisotopic (exact) mass is 203 g/mol. The molecule has 3 rings (SSSR count). The van der Waals surface area contributed by atoms with Crippen molar-refractivity contribution in [1.82, 2.24) is 20.4 Å². The SMILES string of the molecule is Cc1cc(Nc2cc(C3CC3)[nH]n2)n[nH]1. The Morgan fingerprint density at radius 2 is 1.93 bits per heavy atom. The highest BCUT2D eigenvalue weighted by atomic mass is 15.2. The van der Waals surface area contributed by atoms with E-state index < -0.39 is 0 Å². The fraction of sp³-hybridized carbons (Fsp3) is 0.400. The predicted molar refractivity (Wildman–Crippen MR) is 57.2 cm³/mol. The van der Waals surface area contributed by atoms with Gasteiger partial charge in [-0.1, -0.05) is 0 Å². The van der Waals surface area contributed by atoms with Gasteiger partial charge < -0.3 is 5.32 Å². The zero-order valence-electron chi connectivity index (χ0n) is 8.54. The molecule has 1 fully saturated rings. The summed E-state index contributed by atoms with van der Waals surface area (Å²) in [4.78, 5) is 0. The van der Waals surface area contributed by atoms with Crippen LogP contribution in [0.1, 0.15) is 30.1 Å². The van der Waals surface area contributed by atoms with E-state index in [4.69, 9.17) is 0 Å². The van der Waals surface area contributed by atoms with Crippen LogP contribution in [-0.4, -0.2) is 20.4 Å². The lowest BCUT2D eigenvalue weighted by Crippen LogP contribution is -1.90. The lowest BCUT2D eigenvalue weighted by atomic mass is 10.3. The van der Waals surface area contributed by atoms with Crippen LogP contribution in [0, 0.1) is 6.92 Å². The first-order chi connectivity index (χ1) is 7.31. The van der Waals surface area contributed by atoms with Crippen molar-refractivity contribution in [1.29, 1.82) is 0 Å². The molecule has 0 atom stereocenters. The van der Waals surface area contributed by atoms with E-state index in [1.165, 1.54) is 18.5 Å². The molecule has 0 aromatic carbocycles. The molecule has 0 unspecified atom stereocenters. The maximum Gasteiger partial charge on any atom is 0.153 e. The van der Waals surface area contributed by atoms with Crippen molar-refractivity contribution >= 4 is 11.6 Å². The molecule has 0 amide bonds. The first-order valence-corrected chi connectivity index (χ1v) is 5.15. The smallest absolute Gasteiger partial charge is 0.153 e. The Balaban J connectivity index is 1.75. The minimum Gasteiger partial charge on any atom is -0.322 e. The minimum absolute atomic E-state index is 0.703. The van der Waals surface area contributed by atoms with Gasteiger partial charge in [0.1, 0.15) is 0 Å². The number of hydrogen-bond acceptors (Lipinski definition) is 3. The summed E-state index contributed by atoms with van der Waals surface area (Å²) >= 11 is 0. The zero-order chi connectivity index (χ0) is 10.3. The van der Waals surface area contributed by atoms with Crippen LogP contribution in [0.25, 0.3) is 0 Å². The van der Waals surface area contributed by atoms with E-state index in [1.54, 1.807) is 0 Å². The number of rotatable bonds is 3. The summed E-state index contributed by atoms with van der Waals surface area (Å²) < 4.78 is 0. The number of nitrogens with one attached hydrogen (secondary N) is 3. The maximum atomic E-state index is 4.19. The number of H-pyrrole nitrogens is 2. The van der Waals surface area contributed by atoms with E-state index in [0.717, 1.165) is 17.3 Å². The van der Waals surface area contributed by atoms with Gasteiger partial charge in [-0.2, -0.15) is 10.2 Å². The molecular formula is C10H13N5. The standard InChI is InChI=1S/C10H13N5/c1-6-4-9(14-12-6)11-10-5-8(13-15-10)7-2-3-7/h4-5,7H,2-3H2,1H3,(H3,11,12,13,14,15). The molecule has 0 radical (unpaired) electrons. The lowest BCUT2D eigenvalue weighted by molar-refractivity contribution is 0.966. The fourth-order valence-electron chi connectivity index (χ4n) is 1.62. The third-order valence-electron chi connectivity index (χ3n) is 2.58. The van der Waals surface area contributed by atoms with Gasteiger partial charge in [0.2, 0.25) is 0 Å². The van der Waals surface area contributed by atoms with Crippen molar-refractivity contribution in [3.05, 3.63) is 23.5 Å². The summed E-state index contributed by atoms with van der Waals surface area (Å²) in [7, 11) is 0. The second-order valence-electron chi connectivity index (χ2n) is 4.04. The van der Waals surface area contributed by atoms with E-state index in [0.29, 0.717) is 5.92 Å². The normalized spacial score (nSPS) is 15.5. The first kappa shape index (κ1) is 8.52. The molecule has 15 heavy (non-hydrogen) atoms. The van der Waals surface area contributed by atoms with Gasteiger partial charge in [0.05, 0.1) is 0 Å². The van der Waals surface area contributed by atoms with E-state index >= 15 is 0 Å². The Labute approximate surface area is 87.3 Å². The molecule has 0 bridgehead atoms. The highest BCUT2D eigenvalue weighted by molar-refractivity contribution is 5.52. The van der Waals surface area contributed by atoms with Gasteiger partial charge in [-0.05, 0) is 19.8 Å². The number of nitrogens with zero attached hydrogens (tertiary/aromatic N) is 2. The van der Waals surface area contributed by atoms with Gasteiger partial charge in [0, 0.05) is 29.4 Å². The molecule has 1 aliphatic rings. The molecular weight excluding hydrogens is 190 g/mol. The Kier molecular flexibility index (Phi) is 1.77. The zero-order valence-corrected chi connectivity index (χ0v) is 8.54. The second-order valence-corrected chi connectivity index (χ2v) is 4.04. The lowest BCUT2D eigenvalue weighted by Gasteiger charge is -1.94. The Bertz CT molecular complexity index is 466. The van der Waals surface area contributed by atoms with Gasteiger partial charge in [-0.3, -0.25) is 10.2 Å². The molecule has 3 N–H and O–H groups in total. The summed E-state index contributed by atoms with van der Waals surface area (Å²) in [6.45, 7) is 1.97. The molecule has 1 aliphatic carbocycles. The minimum atomic E-state index is 0.703. The molecule has 2 aromatic rings. The third-order valence-corrected chi connectivity index (χ3v) is 2.58. The summed E-state index contributed by atoms with van der Waals surface area (Å²) in [5.41, 5.74) is 2.26. The van der Waals surface area contributed by atoms with Crippen LogP contribution in [0.5, 0.6) is 0 Å². The molecule has 0 spiro atoms. The summed E-state index contributed by atoms with van der Waals surface area (Å²) in [6.07, 6.45) is 2.56. The Morgan fingerprint density at radius 1 is 1.20 bits per heavy atom. The van der Waals surface area contributed by atoms with Gasteiger partial charge in [0.25, 0.3) is 0 Å². The molecule has 1 saturated carbocycles. The molecule has 5 heteroatoms. The van der Waals surface area contributed by atoms with Crippen molar-refractivity contribution in [3.8, 4) is 0 Å². The highest BCUT2D eigenvalue weighted by Gasteiger charge is 2.25. The third kappa shape index (κ3) is 1.72. The highest BCUT2D eigenvalue weighted by Crippen LogP contribution is 2.39. The van der Waals surface area contributed by atoms with Gasteiger partial charge in [0.15, 0.2) is 11.6 Å². The van der Waals surface area contributed by atoms with E-state index in [1.807, 2.05) is 13.0 Å². The Morgan fingerprint density at radius 3 is 2.60 bits per heavy atom. The maximum absolute atomic E-state index is 4.19. The summed E-state index contributed by atoms with van der Waals surface area (Å²) in [6, 6.07) is 4.01. The van der Waals surface area contributed by atoms with Crippen LogP contribution in [0.4, 0.5) is 11.6 Å². The van der Waals surface area contributed by atoms with Crippen molar-refractivity contribution < 1.29 is 0 Å². The average molecular weight is 203 g/mol. The van der Waals surface area contributed by atoms with Gasteiger partial charge in [-0.15, -0.1) is 0 Å². The van der Waals surface area contributed by atoms with Crippen molar-refractivity contribution in [2.45, 2.75) is 25.7 Å². The largest absolute Gasteiger partial charge is 0.322 e. The van der Waals surface area contributed by atoms with Gasteiger partial charge >= 0.3 is 0 Å². The van der Waals surface area contributed by atoms with E-state index in [-0.39, 0.29) is 0 Å². The summed E-state index contributed by atoms with van der Waals surface area (Å²) in [5, 5.41) is 17.4. The van der Waals surface area contributed by atoms with Crippen LogP contribution in [0.2, 0.25) is 0 Å². The van der Waals surface area contributed by atoms with Crippen LogP contribution in [-0.2, 0) is 0 Å². The number of aromatic amines is 2. The van der Waals surface area contributed by atoms with Crippen molar-refractivity contribution in [3.63, 3.8) is 0 Å². The first-order valence-electron chi connectivity index (χ1n) is 5.15. The molecule has 0 aliphatic heterocycles. The number of aryl methyl sites for hydroxylation is 1. The number of anilines is 2. The fourth-order valence-corrected chi connectivity index (χ4v) is 1.62. The Hall–Kier alpha value is -1.78. The molecule has 78 valence electrons. The van der Waals surface area contributed by atoms with Crippen LogP contribution in [0.3, 0.4) is 0 Å². The summed E-state index contributed by atoms with van der Waals surface area (Å²) in [5.74, 6) is 2.35. The second kappa shape index (κ2) is 3.12. The van der Waals surface area contributed by atoms with E-state index in [2.05, 4.69) is 31.8 Å². The molecule has 2 aromatic heterocycles. The molecule has 2 heterocycles.